The second-order valence-electron chi connectivity index (χ2n) is 4.90. The zero-order valence-electron chi connectivity index (χ0n) is 10.2. The summed E-state index contributed by atoms with van der Waals surface area (Å²) in [5.41, 5.74) is 0.352. The number of benzene rings is 1. The van der Waals surface area contributed by atoms with Gasteiger partial charge in [-0.05, 0) is 26.3 Å². The van der Waals surface area contributed by atoms with Gasteiger partial charge in [-0.1, -0.05) is 12.1 Å². The molecule has 0 unspecified atom stereocenters. The third-order valence-electron chi connectivity index (χ3n) is 2.00. The summed E-state index contributed by atoms with van der Waals surface area (Å²) in [5.74, 6) is -0.141. The summed E-state index contributed by atoms with van der Waals surface area (Å²) in [6.07, 6.45) is 0.152. The molecule has 1 rings (SSSR count). The SMILES string of the molecule is CC(C)(C)NC(=O)Cc1cccc([N+](=O)[O-])c1. The smallest absolute Gasteiger partial charge is 0.269 e. The molecule has 0 atom stereocenters. The maximum atomic E-state index is 11.6. The van der Waals surface area contributed by atoms with E-state index >= 15 is 0 Å². The van der Waals surface area contributed by atoms with E-state index in [9.17, 15) is 14.9 Å². The van der Waals surface area contributed by atoms with Gasteiger partial charge in [-0.15, -0.1) is 0 Å². The highest BCUT2D eigenvalue weighted by Crippen LogP contribution is 2.13. The first kappa shape index (κ1) is 13.2. The van der Waals surface area contributed by atoms with Crippen LogP contribution < -0.4 is 5.32 Å². The molecule has 1 amide bonds. The first-order valence-electron chi connectivity index (χ1n) is 5.32. The number of nitrogens with one attached hydrogen (secondary N) is 1. The fourth-order valence-corrected chi connectivity index (χ4v) is 1.43. The minimum Gasteiger partial charge on any atom is -0.351 e. The number of nitro benzene ring substituents is 1. The van der Waals surface area contributed by atoms with Crippen LogP contribution in [0.4, 0.5) is 5.69 Å². The van der Waals surface area contributed by atoms with Crippen LogP contribution in [0, 0.1) is 10.1 Å². The predicted molar refractivity (Wildman–Crippen MR) is 64.7 cm³/mol. The summed E-state index contributed by atoms with van der Waals surface area (Å²) < 4.78 is 0. The molecule has 5 nitrogen and oxygen atoms in total. The highest BCUT2D eigenvalue weighted by molar-refractivity contribution is 5.79. The van der Waals surface area contributed by atoms with Crippen LogP contribution in [0.2, 0.25) is 0 Å². The first-order valence-corrected chi connectivity index (χ1v) is 5.32. The van der Waals surface area contributed by atoms with Crippen molar-refractivity contribution in [3.63, 3.8) is 0 Å². The lowest BCUT2D eigenvalue weighted by molar-refractivity contribution is -0.384. The maximum Gasteiger partial charge on any atom is 0.269 e. The summed E-state index contributed by atoms with van der Waals surface area (Å²) in [6, 6.07) is 6.11. The largest absolute Gasteiger partial charge is 0.351 e. The van der Waals surface area contributed by atoms with Gasteiger partial charge in [0.05, 0.1) is 11.3 Å². The van der Waals surface area contributed by atoms with Crippen molar-refractivity contribution in [2.45, 2.75) is 32.7 Å². The van der Waals surface area contributed by atoms with Gasteiger partial charge in [0.15, 0.2) is 0 Å². The molecule has 0 bridgehead atoms. The van der Waals surface area contributed by atoms with E-state index < -0.39 is 4.92 Å². The van der Waals surface area contributed by atoms with Crippen LogP contribution in [0.15, 0.2) is 24.3 Å². The number of hydrogen-bond acceptors (Lipinski definition) is 3. The van der Waals surface area contributed by atoms with E-state index in [1.165, 1.54) is 12.1 Å². The average Bonchev–Trinajstić information content (AvgIpc) is 2.14. The molecule has 0 heterocycles. The van der Waals surface area contributed by atoms with E-state index in [1.807, 2.05) is 20.8 Å². The molecule has 0 spiro atoms. The Morgan fingerprint density at radius 1 is 1.41 bits per heavy atom. The molecule has 0 aliphatic heterocycles. The Bertz CT molecular complexity index is 436. The molecular formula is C12H16N2O3. The van der Waals surface area contributed by atoms with Crippen LogP contribution in [0.1, 0.15) is 26.3 Å². The van der Waals surface area contributed by atoms with Crippen LogP contribution in [-0.4, -0.2) is 16.4 Å². The van der Waals surface area contributed by atoms with E-state index in [-0.39, 0.29) is 23.6 Å². The number of hydrogen-bond donors (Lipinski definition) is 1. The van der Waals surface area contributed by atoms with Gasteiger partial charge in [0.2, 0.25) is 5.91 Å². The topological polar surface area (TPSA) is 72.2 Å². The highest BCUT2D eigenvalue weighted by atomic mass is 16.6. The van der Waals surface area contributed by atoms with Crippen LogP contribution in [0.25, 0.3) is 0 Å². The van der Waals surface area contributed by atoms with Gasteiger partial charge in [-0.2, -0.15) is 0 Å². The summed E-state index contributed by atoms with van der Waals surface area (Å²) in [5, 5.41) is 13.4. The van der Waals surface area contributed by atoms with Gasteiger partial charge in [-0.3, -0.25) is 14.9 Å². The average molecular weight is 236 g/mol. The van der Waals surface area contributed by atoms with Crippen molar-refractivity contribution in [2.75, 3.05) is 0 Å². The third-order valence-corrected chi connectivity index (χ3v) is 2.00. The van der Waals surface area contributed by atoms with Gasteiger partial charge in [0.25, 0.3) is 5.69 Å². The third kappa shape index (κ3) is 4.63. The Balaban J connectivity index is 2.72. The lowest BCUT2D eigenvalue weighted by atomic mass is 10.1. The second kappa shape index (κ2) is 4.95. The molecule has 0 aliphatic rings. The van der Waals surface area contributed by atoms with Crippen molar-refractivity contribution < 1.29 is 9.72 Å². The Hall–Kier alpha value is -1.91. The molecule has 1 aromatic rings. The molecule has 0 saturated carbocycles. The highest BCUT2D eigenvalue weighted by Gasteiger charge is 2.15. The van der Waals surface area contributed by atoms with E-state index in [2.05, 4.69) is 5.32 Å². The number of rotatable bonds is 3. The number of nitro groups is 1. The van der Waals surface area contributed by atoms with Gasteiger partial charge < -0.3 is 5.32 Å². The van der Waals surface area contributed by atoms with Gasteiger partial charge >= 0.3 is 0 Å². The molecule has 1 N–H and O–H groups in total. The normalized spacial score (nSPS) is 11.0. The Morgan fingerprint density at radius 2 is 2.06 bits per heavy atom. The first-order chi connectivity index (χ1) is 7.78. The molecule has 0 aliphatic carbocycles. The second-order valence-corrected chi connectivity index (χ2v) is 4.90. The van der Waals surface area contributed by atoms with E-state index in [4.69, 9.17) is 0 Å². The maximum absolute atomic E-state index is 11.6. The summed E-state index contributed by atoms with van der Waals surface area (Å²) in [6.45, 7) is 5.66. The molecule has 5 heteroatoms. The molecule has 92 valence electrons. The monoisotopic (exact) mass is 236 g/mol. The summed E-state index contributed by atoms with van der Waals surface area (Å²) >= 11 is 0. The number of carbonyl (C=O) groups is 1. The molecule has 0 fully saturated rings. The van der Waals surface area contributed by atoms with Gasteiger partial charge in [0.1, 0.15) is 0 Å². The van der Waals surface area contributed by atoms with E-state index in [1.54, 1.807) is 12.1 Å². The standard InChI is InChI=1S/C12H16N2O3/c1-12(2,3)13-11(15)8-9-5-4-6-10(7-9)14(16)17/h4-7H,8H2,1-3H3,(H,13,15). The lowest BCUT2D eigenvalue weighted by Gasteiger charge is -2.20. The van der Waals surface area contributed by atoms with Crippen molar-refractivity contribution in [2.24, 2.45) is 0 Å². The zero-order chi connectivity index (χ0) is 13.1. The molecule has 0 radical (unpaired) electrons. The van der Waals surface area contributed by atoms with Crippen molar-refractivity contribution in [1.82, 2.24) is 5.32 Å². The Kier molecular flexibility index (Phi) is 3.83. The quantitative estimate of drug-likeness (QED) is 0.644. The minimum atomic E-state index is -0.467. The van der Waals surface area contributed by atoms with Crippen LogP contribution in [0.5, 0.6) is 0 Å². The number of amides is 1. The number of nitrogens with zero attached hydrogens (tertiary/aromatic N) is 1. The molecule has 17 heavy (non-hydrogen) atoms. The fraction of sp³-hybridized carbons (Fsp3) is 0.417. The molecule has 0 saturated heterocycles. The van der Waals surface area contributed by atoms with E-state index in [0.29, 0.717) is 5.56 Å². The zero-order valence-corrected chi connectivity index (χ0v) is 10.2. The molecule has 1 aromatic carbocycles. The number of non-ortho nitro benzene ring substituents is 1. The van der Waals surface area contributed by atoms with Crippen molar-refractivity contribution in [1.29, 1.82) is 0 Å². The van der Waals surface area contributed by atoms with Crippen LogP contribution in [0.3, 0.4) is 0 Å². The Morgan fingerprint density at radius 3 is 2.59 bits per heavy atom. The van der Waals surface area contributed by atoms with Crippen molar-refractivity contribution >= 4 is 11.6 Å². The molecule has 0 aromatic heterocycles. The summed E-state index contributed by atoms with van der Waals surface area (Å²) in [4.78, 5) is 21.7. The van der Waals surface area contributed by atoms with E-state index in [0.717, 1.165) is 0 Å². The predicted octanol–water partition coefficient (Wildman–Crippen LogP) is 2.05. The van der Waals surface area contributed by atoms with Gasteiger partial charge in [-0.25, -0.2) is 0 Å². The fourth-order valence-electron chi connectivity index (χ4n) is 1.43. The summed E-state index contributed by atoms with van der Waals surface area (Å²) in [7, 11) is 0. The van der Waals surface area contributed by atoms with Crippen molar-refractivity contribution in [3.8, 4) is 0 Å². The minimum absolute atomic E-state index is 0.00561. The molecular weight excluding hydrogens is 220 g/mol. The lowest BCUT2D eigenvalue weighted by Crippen LogP contribution is -2.41. The van der Waals surface area contributed by atoms with Crippen molar-refractivity contribution in [3.05, 3.63) is 39.9 Å². The number of carbonyl (C=O) groups excluding carboxylic acids is 1. The Labute approximate surface area is 100.0 Å². The van der Waals surface area contributed by atoms with Crippen LogP contribution >= 0.6 is 0 Å². The van der Waals surface area contributed by atoms with Gasteiger partial charge in [0, 0.05) is 17.7 Å². The van der Waals surface area contributed by atoms with Crippen LogP contribution in [-0.2, 0) is 11.2 Å².